The third-order valence-electron chi connectivity index (χ3n) is 3.98. The molecule has 0 fully saturated rings. The van der Waals surface area contributed by atoms with Gasteiger partial charge in [0.1, 0.15) is 32.7 Å². The SMILES string of the molecule is CC.CCC(=O)N(CC)CCOCC(=O)O.CCC(=O)O.CCN.CCNCCOCC(=O)OCC.CCOC(=O)COCC=O. The van der Waals surface area contributed by atoms with Crippen LogP contribution in [-0.2, 0) is 52.5 Å². The first-order valence-corrected chi connectivity index (χ1v) is 15.5. The van der Waals surface area contributed by atoms with E-state index >= 15 is 0 Å². The molecule has 0 spiro atoms. The van der Waals surface area contributed by atoms with Gasteiger partial charge in [0, 0.05) is 32.5 Å². The highest BCUT2D eigenvalue weighted by Crippen LogP contribution is 1.93. The molecule has 276 valence electrons. The second-order valence-corrected chi connectivity index (χ2v) is 7.63. The van der Waals surface area contributed by atoms with E-state index in [4.69, 9.17) is 25.4 Å². The van der Waals surface area contributed by atoms with E-state index in [1.807, 2.05) is 34.6 Å². The number of carboxylic acid groups (broad SMARTS) is 2. The number of rotatable bonds is 20. The minimum atomic E-state index is -0.991. The van der Waals surface area contributed by atoms with Crippen molar-refractivity contribution < 1.29 is 62.7 Å². The van der Waals surface area contributed by atoms with Crippen LogP contribution in [0.1, 0.15) is 75.2 Å². The van der Waals surface area contributed by atoms with Crippen LogP contribution in [0.5, 0.6) is 0 Å². The van der Waals surface area contributed by atoms with Crippen molar-refractivity contribution in [3.05, 3.63) is 0 Å². The Morgan fingerprint density at radius 2 is 1.20 bits per heavy atom. The number of nitrogens with one attached hydrogen (secondary N) is 1. The maximum absolute atomic E-state index is 11.2. The van der Waals surface area contributed by atoms with Gasteiger partial charge in [-0.15, -0.1) is 0 Å². The minimum absolute atomic E-state index is 0.0548. The summed E-state index contributed by atoms with van der Waals surface area (Å²) < 4.78 is 23.6. The summed E-state index contributed by atoms with van der Waals surface area (Å²) in [5, 5.41) is 19.1. The van der Waals surface area contributed by atoms with Crippen LogP contribution in [0, 0.1) is 0 Å². The quantitative estimate of drug-likeness (QED) is 0.0819. The Bertz CT molecular complexity index is 697. The molecule has 1 amide bonds. The van der Waals surface area contributed by atoms with Crippen molar-refractivity contribution in [1.29, 1.82) is 0 Å². The van der Waals surface area contributed by atoms with E-state index in [-0.39, 0.29) is 51.3 Å². The Labute approximate surface area is 275 Å². The van der Waals surface area contributed by atoms with Crippen LogP contribution in [0.3, 0.4) is 0 Å². The zero-order valence-corrected chi connectivity index (χ0v) is 29.6. The summed E-state index contributed by atoms with van der Waals surface area (Å²) >= 11 is 0. The zero-order valence-electron chi connectivity index (χ0n) is 29.6. The van der Waals surface area contributed by atoms with Crippen LogP contribution in [0.4, 0.5) is 0 Å². The summed E-state index contributed by atoms with van der Waals surface area (Å²) in [5.41, 5.74) is 4.85. The highest BCUT2D eigenvalue weighted by Gasteiger charge is 2.08. The summed E-state index contributed by atoms with van der Waals surface area (Å²) in [6, 6.07) is 0. The predicted molar refractivity (Wildman–Crippen MR) is 175 cm³/mol. The van der Waals surface area contributed by atoms with Gasteiger partial charge >= 0.3 is 23.9 Å². The number of carbonyl (C=O) groups is 6. The van der Waals surface area contributed by atoms with Gasteiger partial charge in [0.05, 0.1) is 26.4 Å². The summed E-state index contributed by atoms with van der Waals surface area (Å²) in [7, 11) is 0. The van der Waals surface area contributed by atoms with Gasteiger partial charge in [-0.1, -0.05) is 41.5 Å². The fraction of sp³-hybridized carbons (Fsp3) is 0.800. The first-order chi connectivity index (χ1) is 21.9. The molecule has 0 radical (unpaired) electrons. The lowest BCUT2D eigenvalue weighted by Gasteiger charge is -2.19. The van der Waals surface area contributed by atoms with Crippen LogP contribution in [-0.4, -0.2) is 137 Å². The van der Waals surface area contributed by atoms with E-state index in [0.29, 0.717) is 45.6 Å². The maximum atomic E-state index is 11.2. The van der Waals surface area contributed by atoms with Crippen molar-refractivity contribution in [3.8, 4) is 0 Å². The molecule has 0 saturated heterocycles. The Morgan fingerprint density at radius 1 is 0.739 bits per heavy atom. The van der Waals surface area contributed by atoms with Crippen molar-refractivity contribution in [2.75, 3.05) is 85.6 Å². The molecule has 0 aromatic rings. The van der Waals surface area contributed by atoms with Gasteiger partial charge in [0.2, 0.25) is 5.91 Å². The third-order valence-corrected chi connectivity index (χ3v) is 3.98. The number of hydrogen-bond acceptors (Lipinski definition) is 13. The molecule has 0 aliphatic heterocycles. The summed E-state index contributed by atoms with van der Waals surface area (Å²) in [6.45, 7) is 21.3. The minimum Gasteiger partial charge on any atom is -0.481 e. The van der Waals surface area contributed by atoms with Crippen molar-refractivity contribution >= 4 is 36.1 Å². The van der Waals surface area contributed by atoms with Crippen LogP contribution in [0.2, 0.25) is 0 Å². The summed E-state index contributed by atoms with van der Waals surface area (Å²) in [5.74, 6) is -2.41. The first kappa shape index (κ1) is 55.2. The zero-order chi connectivity index (χ0) is 37.0. The van der Waals surface area contributed by atoms with E-state index in [1.165, 1.54) is 0 Å². The van der Waals surface area contributed by atoms with Crippen LogP contribution < -0.4 is 11.1 Å². The molecule has 0 bridgehead atoms. The lowest BCUT2D eigenvalue weighted by atomic mass is 10.4. The lowest BCUT2D eigenvalue weighted by Crippen LogP contribution is -2.33. The number of esters is 2. The highest BCUT2D eigenvalue weighted by molar-refractivity contribution is 5.75. The molecule has 46 heavy (non-hydrogen) atoms. The molecule has 5 N–H and O–H groups in total. The highest BCUT2D eigenvalue weighted by atomic mass is 16.6. The van der Waals surface area contributed by atoms with Crippen molar-refractivity contribution in [2.24, 2.45) is 5.73 Å². The molecule has 0 rings (SSSR count). The average Bonchev–Trinajstić information content (AvgIpc) is 3.03. The third kappa shape index (κ3) is 63.9. The van der Waals surface area contributed by atoms with E-state index in [9.17, 15) is 28.8 Å². The average molecular weight is 674 g/mol. The molecular weight excluding hydrogens is 610 g/mol. The molecule has 16 nitrogen and oxygen atoms in total. The first-order valence-electron chi connectivity index (χ1n) is 15.5. The molecule has 0 aromatic carbocycles. The van der Waals surface area contributed by atoms with Crippen molar-refractivity contribution in [1.82, 2.24) is 10.2 Å². The smallest absolute Gasteiger partial charge is 0.332 e. The number of carbonyl (C=O) groups excluding carboxylic acids is 4. The molecular formula is C30H63N3O13. The molecule has 0 aromatic heterocycles. The van der Waals surface area contributed by atoms with Crippen molar-refractivity contribution in [3.63, 3.8) is 0 Å². The Morgan fingerprint density at radius 3 is 1.54 bits per heavy atom. The number of aliphatic carboxylic acids is 2. The fourth-order valence-corrected chi connectivity index (χ4v) is 2.09. The Kier molecular flexibility index (Phi) is 61.7. The van der Waals surface area contributed by atoms with Gasteiger partial charge in [0.25, 0.3) is 0 Å². The van der Waals surface area contributed by atoms with Gasteiger partial charge in [-0.05, 0) is 33.9 Å². The van der Waals surface area contributed by atoms with Gasteiger partial charge in [-0.2, -0.15) is 0 Å². The monoisotopic (exact) mass is 673 g/mol. The molecule has 0 aliphatic carbocycles. The van der Waals surface area contributed by atoms with Gasteiger partial charge in [-0.3, -0.25) is 9.59 Å². The fourth-order valence-electron chi connectivity index (χ4n) is 2.09. The number of nitrogens with two attached hydrogens (primary N) is 1. The molecule has 0 unspecified atom stereocenters. The number of nitrogens with zero attached hydrogens (tertiary/aromatic N) is 1. The normalized spacial score (nSPS) is 8.83. The largest absolute Gasteiger partial charge is 0.481 e. The topological polar surface area (TPSA) is 230 Å². The molecule has 0 saturated carbocycles. The number of amides is 1. The summed E-state index contributed by atoms with van der Waals surface area (Å²) in [4.78, 5) is 63.2. The number of carboxylic acids is 2. The summed E-state index contributed by atoms with van der Waals surface area (Å²) in [6.07, 6.45) is 1.27. The molecule has 0 atom stereocenters. The second kappa shape index (κ2) is 51.4. The molecule has 16 heteroatoms. The standard InChI is InChI=1S/C9H17NO4.C8H17NO3.C6H10O4.C3H6O2.C2H7N.C2H6/c1-3-8(11)10(4-2)5-6-14-7-9(12)13;1-3-9-5-6-11-7-8(10)12-4-2;1-2-10-6(8)5-9-4-3-7;1-2-3(4)5;1-2-3;1-2/h3-7H2,1-2H3,(H,12,13);9H,3-7H2,1-2H3;3H,2,4-5H2,1H3;2H2,1H3,(H,4,5);2-3H2,1H3;1-2H3. The number of hydrogen-bond donors (Lipinski definition) is 4. The number of ether oxygens (including phenoxy) is 5. The lowest BCUT2D eigenvalue weighted by molar-refractivity contribution is -0.149. The van der Waals surface area contributed by atoms with E-state index in [2.05, 4.69) is 19.5 Å². The second-order valence-electron chi connectivity index (χ2n) is 7.63. The number of aldehydes is 1. The Balaban J connectivity index is -0.000000115. The maximum Gasteiger partial charge on any atom is 0.332 e. The number of likely N-dealkylation sites (N-methyl/N-ethyl adjacent to an activating group) is 2. The Hall–Kier alpha value is -3.18. The van der Waals surface area contributed by atoms with E-state index in [0.717, 1.165) is 19.6 Å². The van der Waals surface area contributed by atoms with Gasteiger partial charge in [-0.25, -0.2) is 14.4 Å². The van der Waals surface area contributed by atoms with Gasteiger partial charge in [0.15, 0.2) is 0 Å². The molecule has 0 heterocycles. The van der Waals surface area contributed by atoms with E-state index in [1.54, 1.807) is 32.6 Å². The van der Waals surface area contributed by atoms with E-state index < -0.39 is 17.9 Å². The van der Waals surface area contributed by atoms with Gasteiger partial charge < -0.3 is 54.6 Å². The van der Waals surface area contributed by atoms with Crippen LogP contribution in [0.15, 0.2) is 0 Å². The molecule has 0 aliphatic rings. The van der Waals surface area contributed by atoms with Crippen molar-refractivity contribution in [2.45, 2.75) is 75.2 Å². The van der Waals surface area contributed by atoms with Crippen LogP contribution in [0.25, 0.3) is 0 Å². The predicted octanol–water partition coefficient (Wildman–Crippen LogP) is 1.76. The van der Waals surface area contributed by atoms with Crippen LogP contribution >= 0.6 is 0 Å².